The quantitative estimate of drug-likeness (QED) is 0.705. The predicted molar refractivity (Wildman–Crippen MR) is 102 cm³/mol. The highest BCUT2D eigenvalue weighted by molar-refractivity contribution is 5.86. The van der Waals surface area contributed by atoms with Crippen LogP contribution in [0.3, 0.4) is 0 Å². The van der Waals surface area contributed by atoms with Gasteiger partial charge in [-0.25, -0.2) is 0 Å². The van der Waals surface area contributed by atoms with Gasteiger partial charge in [-0.2, -0.15) is 0 Å². The van der Waals surface area contributed by atoms with Gasteiger partial charge in [-0.15, -0.1) is 0 Å². The molecule has 1 aliphatic heterocycles. The number of carbonyl (C=O) groups excluding carboxylic acids is 1. The number of carbonyl (C=O) groups is 1. The van der Waals surface area contributed by atoms with Crippen molar-refractivity contribution in [2.75, 3.05) is 13.2 Å². The van der Waals surface area contributed by atoms with Crippen molar-refractivity contribution in [2.24, 2.45) is 28.6 Å². The summed E-state index contributed by atoms with van der Waals surface area (Å²) in [6, 6.07) is 0. The van der Waals surface area contributed by atoms with Crippen molar-refractivity contribution in [2.45, 2.75) is 83.5 Å². The van der Waals surface area contributed by atoms with Crippen molar-refractivity contribution in [3.05, 3.63) is 11.6 Å². The molecular weight excluding hydrogens is 340 g/mol. The minimum atomic E-state index is -1.12. The van der Waals surface area contributed by atoms with E-state index < -0.39 is 5.60 Å². The van der Waals surface area contributed by atoms with Gasteiger partial charge in [0.25, 0.3) is 0 Å². The van der Waals surface area contributed by atoms with Crippen molar-refractivity contribution in [1.82, 2.24) is 0 Å². The van der Waals surface area contributed by atoms with Crippen LogP contribution in [0.4, 0.5) is 0 Å². The molecule has 0 bridgehead atoms. The summed E-state index contributed by atoms with van der Waals surface area (Å²) in [5.74, 6) is 1.31. The molecule has 5 aliphatic rings. The van der Waals surface area contributed by atoms with E-state index in [-0.39, 0.29) is 22.4 Å². The Kier molecular flexibility index (Phi) is 3.85. The van der Waals surface area contributed by atoms with E-state index in [0.717, 1.165) is 58.2 Å². The molecule has 3 saturated carbocycles. The first-order valence-corrected chi connectivity index (χ1v) is 11.0. The van der Waals surface area contributed by atoms with Gasteiger partial charge in [0.15, 0.2) is 11.6 Å². The van der Waals surface area contributed by atoms with Gasteiger partial charge in [0.1, 0.15) is 5.60 Å². The van der Waals surface area contributed by atoms with E-state index in [1.54, 1.807) is 12.5 Å². The molecule has 0 radical (unpaired) electrons. The minimum Gasteiger partial charge on any atom is -0.382 e. The fourth-order valence-corrected chi connectivity index (χ4v) is 7.94. The average molecular weight is 375 g/mol. The lowest BCUT2D eigenvalue weighted by Crippen LogP contribution is -2.57. The predicted octanol–water partition coefficient (Wildman–Crippen LogP) is 4.01. The molecule has 150 valence electrons. The van der Waals surface area contributed by atoms with Gasteiger partial charge in [-0.3, -0.25) is 4.79 Å². The SMILES string of the molecule is CC(=O)[C@@]1(O)CC[C@H]2[C@@H]3CC=C4CC5(CC[C@]4(C)[C@@H]3CC[C@@]21C)OCCO5. The third kappa shape index (κ3) is 2.24. The van der Waals surface area contributed by atoms with E-state index in [1.807, 2.05) is 0 Å². The van der Waals surface area contributed by atoms with E-state index in [1.165, 1.54) is 0 Å². The molecule has 0 aromatic carbocycles. The monoisotopic (exact) mass is 374 g/mol. The van der Waals surface area contributed by atoms with Crippen molar-refractivity contribution in [1.29, 1.82) is 0 Å². The van der Waals surface area contributed by atoms with Gasteiger partial charge in [0.2, 0.25) is 0 Å². The molecule has 4 nitrogen and oxygen atoms in total. The number of rotatable bonds is 1. The summed E-state index contributed by atoms with van der Waals surface area (Å²) < 4.78 is 12.0. The van der Waals surface area contributed by atoms with Crippen molar-refractivity contribution >= 4 is 5.78 Å². The van der Waals surface area contributed by atoms with Crippen LogP contribution in [0.2, 0.25) is 0 Å². The van der Waals surface area contributed by atoms with Crippen LogP contribution in [0.5, 0.6) is 0 Å². The maximum atomic E-state index is 12.3. The molecule has 0 unspecified atom stereocenters. The standard InChI is InChI=1S/C23H34O4/c1-15(24)23(25)9-7-19-17-5-4-16-14-22(26-12-13-27-22)11-10-20(16,2)18(17)6-8-21(19,23)3/h4,17-19,25H,5-14H2,1-3H3/t17-,18-,19+,20+,21+,23+/m1/s1. The van der Waals surface area contributed by atoms with Gasteiger partial charge < -0.3 is 14.6 Å². The molecular formula is C23H34O4. The minimum absolute atomic E-state index is 0.0284. The Hall–Kier alpha value is -0.710. The Bertz CT molecular complexity index is 692. The van der Waals surface area contributed by atoms with E-state index in [9.17, 15) is 9.90 Å². The lowest BCUT2D eigenvalue weighted by molar-refractivity contribution is -0.188. The second-order valence-corrected chi connectivity index (χ2v) is 10.5. The maximum absolute atomic E-state index is 12.3. The van der Waals surface area contributed by atoms with Crippen LogP contribution in [0.1, 0.15) is 72.1 Å². The number of aliphatic hydroxyl groups is 1. The summed E-state index contributed by atoms with van der Waals surface area (Å²) >= 11 is 0. The highest BCUT2D eigenvalue weighted by atomic mass is 16.7. The van der Waals surface area contributed by atoms with Crippen LogP contribution in [-0.4, -0.2) is 35.5 Å². The normalized spacial score (nSPS) is 50.7. The molecule has 1 saturated heterocycles. The lowest BCUT2D eigenvalue weighted by Gasteiger charge is -2.59. The maximum Gasteiger partial charge on any atom is 0.172 e. The lowest BCUT2D eigenvalue weighted by atomic mass is 9.46. The number of ether oxygens (including phenoxy) is 2. The summed E-state index contributed by atoms with van der Waals surface area (Å²) in [5, 5.41) is 11.3. The molecule has 6 atom stereocenters. The second-order valence-electron chi connectivity index (χ2n) is 10.5. The molecule has 0 amide bonds. The van der Waals surface area contributed by atoms with Gasteiger partial charge in [0, 0.05) is 18.3 Å². The van der Waals surface area contributed by atoms with Crippen LogP contribution in [-0.2, 0) is 14.3 Å². The van der Waals surface area contributed by atoms with Crippen LogP contribution in [0.25, 0.3) is 0 Å². The van der Waals surface area contributed by atoms with E-state index in [0.29, 0.717) is 24.2 Å². The number of fused-ring (bicyclic) bond motifs is 5. The molecule has 4 fully saturated rings. The molecule has 0 aromatic rings. The largest absolute Gasteiger partial charge is 0.382 e. The number of hydrogen-bond donors (Lipinski definition) is 1. The van der Waals surface area contributed by atoms with Crippen molar-refractivity contribution < 1.29 is 19.4 Å². The zero-order chi connectivity index (χ0) is 19.1. The van der Waals surface area contributed by atoms with Gasteiger partial charge in [-0.1, -0.05) is 25.5 Å². The average Bonchev–Trinajstić information content (AvgIpc) is 3.19. The molecule has 4 aliphatic carbocycles. The zero-order valence-corrected chi connectivity index (χ0v) is 17.1. The topological polar surface area (TPSA) is 55.8 Å². The Morgan fingerprint density at radius 1 is 1.07 bits per heavy atom. The van der Waals surface area contributed by atoms with Gasteiger partial charge in [-0.05, 0) is 68.6 Å². The molecule has 1 spiro atoms. The first-order chi connectivity index (χ1) is 12.7. The van der Waals surface area contributed by atoms with Gasteiger partial charge in [0.05, 0.1) is 13.2 Å². The van der Waals surface area contributed by atoms with Crippen molar-refractivity contribution in [3.63, 3.8) is 0 Å². The van der Waals surface area contributed by atoms with E-state index in [4.69, 9.17) is 9.47 Å². The molecule has 4 heteroatoms. The summed E-state index contributed by atoms with van der Waals surface area (Å²) in [7, 11) is 0. The summed E-state index contributed by atoms with van der Waals surface area (Å²) in [4.78, 5) is 12.3. The van der Waals surface area contributed by atoms with Crippen LogP contribution < -0.4 is 0 Å². The van der Waals surface area contributed by atoms with Gasteiger partial charge >= 0.3 is 0 Å². The zero-order valence-electron chi connectivity index (χ0n) is 17.1. The molecule has 5 rings (SSSR count). The first kappa shape index (κ1) is 18.3. The summed E-state index contributed by atoms with van der Waals surface area (Å²) in [6.07, 6.45) is 10.3. The fourth-order valence-electron chi connectivity index (χ4n) is 7.94. The third-order valence-corrected chi connectivity index (χ3v) is 9.66. The first-order valence-electron chi connectivity index (χ1n) is 11.0. The fraction of sp³-hybridized carbons (Fsp3) is 0.870. The Morgan fingerprint density at radius 3 is 2.48 bits per heavy atom. The highest BCUT2D eigenvalue weighted by Gasteiger charge is 2.65. The number of hydrogen-bond acceptors (Lipinski definition) is 4. The van der Waals surface area contributed by atoms with Crippen LogP contribution in [0.15, 0.2) is 11.6 Å². The smallest absolute Gasteiger partial charge is 0.172 e. The number of Topliss-reactive ketones (excluding diaryl/α,β-unsaturated/α-hetero) is 1. The summed E-state index contributed by atoms with van der Waals surface area (Å²) in [5.41, 5.74) is 0.396. The Labute approximate surface area is 162 Å². The van der Waals surface area contributed by atoms with Crippen LogP contribution in [0, 0.1) is 28.6 Å². The molecule has 1 heterocycles. The molecule has 1 N–H and O–H groups in total. The molecule has 0 aromatic heterocycles. The van der Waals surface area contributed by atoms with Crippen molar-refractivity contribution in [3.8, 4) is 0 Å². The number of ketones is 1. The molecule has 27 heavy (non-hydrogen) atoms. The highest BCUT2D eigenvalue weighted by Crippen LogP contribution is 2.68. The van der Waals surface area contributed by atoms with Crippen LogP contribution >= 0.6 is 0 Å². The Balaban J connectivity index is 1.46. The summed E-state index contributed by atoms with van der Waals surface area (Å²) in [6.45, 7) is 7.69. The second kappa shape index (κ2) is 5.67. The third-order valence-electron chi connectivity index (χ3n) is 9.66. The Morgan fingerprint density at radius 2 is 1.78 bits per heavy atom. The van der Waals surface area contributed by atoms with E-state index >= 15 is 0 Å². The van der Waals surface area contributed by atoms with E-state index in [2.05, 4.69) is 19.9 Å². The number of allylic oxidation sites excluding steroid dienone is 1.